The Balaban J connectivity index is 1.68. The maximum atomic E-state index is 14.9. The van der Waals surface area contributed by atoms with E-state index in [4.69, 9.17) is 14.2 Å². The largest absolute Gasteiger partial charge is 0.494 e. The van der Waals surface area contributed by atoms with E-state index in [1.54, 1.807) is 6.92 Å². The molecule has 3 aromatic rings. The predicted molar refractivity (Wildman–Crippen MR) is 182 cm³/mol. The summed E-state index contributed by atoms with van der Waals surface area (Å²) >= 11 is 0. The average molecular weight is 725 g/mol. The summed E-state index contributed by atoms with van der Waals surface area (Å²) in [4.78, 5) is 66.4. The summed E-state index contributed by atoms with van der Waals surface area (Å²) < 4.78 is 57.4. The molecule has 270 valence electrons. The smallest absolute Gasteiger partial charge is 0.411 e. The molecule has 3 N–H and O–H groups in total. The quantitative estimate of drug-likeness (QED) is 0.188. The Labute approximate surface area is 293 Å². The van der Waals surface area contributed by atoms with Crippen LogP contribution in [0, 0.1) is 11.7 Å². The molecule has 2 aliphatic heterocycles. The molecule has 5 rings (SSSR count). The molecule has 4 amide bonds. The van der Waals surface area contributed by atoms with Crippen molar-refractivity contribution >= 4 is 51.0 Å². The molecule has 0 unspecified atom stereocenters. The topological polar surface area (TPSA) is 187 Å². The van der Waals surface area contributed by atoms with E-state index in [1.165, 1.54) is 74.4 Å². The van der Waals surface area contributed by atoms with E-state index in [9.17, 15) is 36.8 Å². The third-order valence-electron chi connectivity index (χ3n) is 8.76. The summed E-state index contributed by atoms with van der Waals surface area (Å²) in [6.07, 6.45) is -0.744. The van der Waals surface area contributed by atoms with Crippen LogP contribution in [-0.2, 0) is 28.9 Å². The van der Waals surface area contributed by atoms with E-state index in [1.807, 2.05) is 0 Å². The Bertz CT molecular complexity index is 2020. The summed E-state index contributed by atoms with van der Waals surface area (Å²) in [6, 6.07) is 9.64. The Morgan fingerprint density at radius 3 is 2.35 bits per heavy atom. The SMILES string of the molecule is CCOC(=O)[C@H]1CCN(C(=O)[C@H](Nc2ccc3c(c2)C(=O)NC3=O)c2ccc(F)c(OC)c2)[C@H]1c1cc(NC(=O)OC)ccc1S(=O)(=O)C(C)C. The summed E-state index contributed by atoms with van der Waals surface area (Å²) in [5.41, 5.74) is 0.912. The zero-order chi connectivity index (χ0) is 37.2. The first-order chi connectivity index (χ1) is 24.2. The van der Waals surface area contributed by atoms with E-state index in [-0.39, 0.29) is 63.8 Å². The number of hydrogen-bond acceptors (Lipinski definition) is 11. The zero-order valence-corrected chi connectivity index (χ0v) is 29.3. The van der Waals surface area contributed by atoms with Crippen LogP contribution >= 0.6 is 0 Å². The van der Waals surface area contributed by atoms with Gasteiger partial charge >= 0.3 is 12.1 Å². The minimum atomic E-state index is -4.03. The normalized spacial score (nSPS) is 17.4. The van der Waals surface area contributed by atoms with Gasteiger partial charge in [0.15, 0.2) is 21.4 Å². The maximum absolute atomic E-state index is 14.9. The lowest BCUT2D eigenvalue weighted by molar-refractivity contribution is -0.149. The monoisotopic (exact) mass is 724 g/mol. The van der Waals surface area contributed by atoms with Crippen LogP contribution in [-0.4, -0.2) is 75.7 Å². The number of fused-ring (bicyclic) bond motifs is 1. The van der Waals surface area contributed by atoms with Crippen LogP contribution in [0.15, 0.2) is 59.5 Å². The zero-order valence-electron chi connectivity index (χ0n) is 28.4. The van der Waals surface area contributed by atoms with Crippen LogP contribution in [0.1, 0.15) is 71.1 Å². The number of amides is 4. The molecule has 1 saturated heterocycles. The van der Waals surface area contributed by atoms with Crippen LogP contribution in [0.3, 0.4) is 0 Å². The minimum Gasteiger partial charge on any atom is -0.494 e. The van der Waals surface area contributed by atoms with Crippen molar-refractivity contribution in [2.24, 2.45) is 5.92 Å². The van der Waals surface area contributed by atoms with E-state index >= 15 is 0 Å². The molecule has 0 aromatic heterocycles. The summed E-state index contributed by atoms with van der Waals surface area (Å²) in [7, 11) is -1.61. The molecule has 2 aliphatic rings. The fraction of sp³-hybridized carbons (Fsp3) is 0.343. The van der Waals surface area contributed by atoms with Gasteiger partial charge in [-0.25, -0.2) is 17.6 Å². The highest BCUT2D eigenvalue weighted by atomic mass is 32.2. The number of esters is 1. The first-order valence-electron chi connectivity index (χ1n) is 16.0. The number of anilines is 2. The van der Waals surface area contributed by atoms with Crippen LogP contribution < -0.4 is 20.7 Å². The number of ether oxygens (including phenoxy) is 3. The van der Waals surface area contributed by atoms with Gasteiger partial charge in [-0.1, -0.05) is 6.07 Å². The Morgan fingerprint density at radius 1 is 0.980 bits per heavy atom. The van der Waals surface area contributed by atoms with E-state index in [2.05, 4.69) is 16.0 Å². The Hall–Kier alpha value is -5.51. The second-order valence-corrected chi connectivity index (χ2v) is 14.6. The minimum absolute atomic E-state index is 0.0189. The number of sulfone groups is 1. The molecule has 51 heavy (non-hydrogen) atoms. The summed E-state index contributed by atoms with van der Waals surface area (Å²) in [5.74, 6) is -4.40. The summed E-state index contributed by atoms with van der Waals surface area (Å²) in [6.45, 7) is 4.59. The lowest BCUT2D eigenvalue weighted by Gasteiger charge is -2.33. The predicted octanol–water partition coefficient (Wildman–Crippen LogP) is 4.38. The number of carbonyl (C=O) groups is 5. The van der Waals surface area contributed by atoms with Crippen molar-refractivity contribution < 1.29 is 51.0 Å². The van der Waals surface area contributed by atoms with E-state index < -0.39 is 68.7 Å². The molecular formula is C35H37FN4O10S. The van der Waals surface area contributed by atoms with Gasteiger partial charge in [0.1, 0.15) is 6.04 Å². The number of carbonyl (C=O) groups excluding carboxylic acids is 5. The highest BCUT2D eigenvalue weighted by molar-refractivity contribution is 7.92. The van der Waals surface area contributed by atoms with Crippen molar-refractivity contribution in [3.63, 3.8) is 0 Å². The molecule has 1 fully saturated rings. The van der Waals surface area contributed by atoms with Crippen molar-refractivity contribution in [3.8, 4) is 5.75 Å². The van der Waals surface area contributed by atoms with Crippen molar-refractivity contribution in [1.82, 2.24) is 10.2 Å². The van der Waals surface area contributed by atoms with Crippen molar-refractivity contribution in [2.75, 3.05) is 38.0 Å². The van der Waals surface area contributed by atoms with Gasteiger partial charge in [-0.3, -0.25) is 29.8 Å². The van der Waals surface area contributed by atoms with Gasteiger partial charge in [0.2, 0.25) is 5.91 Å². The maximum Gasteiger partial charge on any atom is 0.411 e. The summed E-state index contributed by atoms with van der Waals surface area (Å²) in [5, 5.41) is 6.91. The van der Waals surface area contributed by atoms with Crippen molar-refractivity contribution in [3.05, 3.63) is 82.7 Å². The first kappa shape index (κ1) is 36.8. The van der Waals surface area contributed by atoms with Crippen LogP contribution in [0.5, 0.6) is 5.75 Å². The molecule has 3 atom stereocenters. The molecule has 0 spiro atoms. The highest BCUT2D eigenvalue weighted by Crippen LogP contribution is 2.44. The molecule has 2 heterocycles. The Kier molecular flexibility index (Phi) is 10.6. The van der Waals surface area contributed by atoms with Gasteiger partial charge in [-0.05, 0) is 86.8 Å². The number of hydrogen-bond donors (Lipinski definition) is 3. The highest BCUT2D eigenvalue weighted by Gasteiger charge is 2.47. The number of rotatable bonds is 11. The van der Waals surface area contributed by atoms with E-state index in [0.717, 1.165) is 13.2 Å². The van der Waals surface area contributed by atoms with Gasteiger partial charge in [0, 0.05) is 17.9 Å². The number of halogens is 1. The molecule has 0 saturated carbocycles. The molecule has 0 bridgehead atoms. The standard InChI is InChI=1S/C35H37FN4O10S/c1-6-50-34(44)23-13-14-40(30(23)25-17-21(38-35(45)49-5)9-12-28(25)51(46,47)18(2)3)33(43)29(19-7-11-26(36)27(15-19)48-4)37-20-8-10-22-24(16-20)32(42)39-31(22)41/h7-12,15-18,23,29-30,37H,6,13-14H2,1-5H3,(H,38,45)(H,39,41,42)/t23-,29+,30+/m0/s1. The van der Waals surface area contributed by atoms with Crippen molar-refractivity contribution in [1.29, 1.82) is 0 Å². The average Bonchev–Trinajstić information content (AvgIpc) is 3.67. The third-order valence-corrected chi connectivity index (χ3v) is 11.0. The number of imide groups is 1. The van der Waals surface area contributed by atoms with Crippen molar-refractivity contribution in [2.45, 2.75) is 49.4 Å². The second kappa shape index (κ2) is 14.8. The fourth-order valence-electron chi connectivity index (χ4n) is 6.19. The van der Waals surface area contributed by atoms with Crippen LogP contribution in [0.4, 0.5) is 20.6 Å². The van der Waals surface area contributed by atoms with Gasteiger partial charge < -0.3 is 24.4 Å². The molecule has 16 heteroatoms. The lowest BCUT2D eigenvalue weighted by Crippen LogP contribution is -2.40. The van der Waals surface area contributed by atoms with E-state index in [0.29, 0.717) is 0 Å². The van der Waals surface area contributed by atoms with Gasteiger partial charge in [-0.2, -0.15) is 0 Å². The molecular weight excluding hydrogens is 687 g/mol. The molecule has 14 nitrogen and oxygen atoms in total. The van der Waals surface area contributed by atoms with Gasteiger partial charge in [0.25, 0.3) is 11.8 Å². The molecule has 3 aromatic carbocycles. The second-order valence-electron chi connectivity index (χ2n) is 12.1. The number of likely N-dealkylation sites (tertiary alicyclic amines) is 1. The van der Waals surface area contributed by atoms with Gasteiger partial charge in [-0.15, -0.1) is 0 Å². The van der Waals surface area contributed by atoms with Gasteiger partial charge in [0.05, 0.1) is 54.1 Å². The Morgan fingerprint density at radius 2 is 1.69 bits per heavy atom. The van der Waals surface area contributed by atoms with Crippen LogP contribution in [0.2, 0.25) is 0 Å². The lowest BCUT2D eigenvalue weighted by atomic mass is 9.92. The fourth-order valence-corrected chi connectivity index (χ4v) is 7.47. The first-order valence-corrected chi connectivity index (χ1v) is 17.6. The van der Waals surface area contributed by atoms with Crippen LogP contribution in [0.25, 0.3) is 0 Å². The molecule has 0 aliphatic carbocycles. The number of methoxy groups -OCH3 is 2. The molecule has 0 radical (unpaired) electrons. The third kappa shape index (κ3) is 7.22. The number of nitrogens with zero attached hydrogens (tertiary/aromatic N) is 1. The number of benzene rings is 3. The number of nitrogens with one attached hydrogen (secondary N) is 3.